The molecule has 40 valence electrons. The smallest absolute Gasteiger partial charge is 0.0671 e. The summed E-state index contributed by atoms with van der Waals surface area (Å²) in [6, 6.07) is 0. The molecule has 0 bridgehead atoms. The van der Waals surface area contributed by atoms with Gasteiger partial charge in [0.15, 0.2) is 0 Å². The topological polar surface area (TPSA) is 72.5 Å². The molecule has 1 unspecified atom stereocenters. The van der Waals surface area contributed by atoms with Crippen molar-refractivity contribution in [3.63, 3.8) is 0 Å². The summed E-state index contributed by atoms with van der Waals surface area (Å²) in [7, 11) is -2.00. The molecule has 7 heavy (non-hydrogen) atoms. The van der Waals surface area contributed by atoms with Crippen molar-refractivity contribution < 1.29 is 0 Å². The summed E-state index contributed by atoms with van der Waals surface area (Å²) in [6.45, 7) is 0. The summed E-state index contributed by atoms with van der Waals surface area (Å²) in [5.74, 6) is 0. The number of rotatable bonds is 0. The maximum atomic E-state index is 8.67. The Morgan fingerprint density at radius 3 is 2.43 bits per heavy atom. The third-order valence-electron chi connectivity index (χ3n) is 0.186. The average Bonchev–Trinajstić information content (AvgIpc) is 1.30. The van der Waals surface area contributed by atoms with Crippen molar-refractivity contribution in [2.75, 3.05) is 6.26 Å². The van der Waals surface area contributed by atoms with E-state index in [0.717, 1.165) is 0 Å². The molecule has 0 aromatic carbocycles. The molecular weight excluding hydrogens is 227 g/mol. The summed E-state index contributed by atoms with van der Waals surface area (Å²) in [4.78, 5) is 2.41. The monoisotopic (exact) mass is 230 g/mol. The van der Waals surface area contributed by atoms with Crippen LogP contribution in [0.5, 0.6) is 0 Å². The Morgan fingerprint density at radius 2 is 2.43 bits per heavy atom. The first-order valence-corrected chi connectivity index (χ1v) is 5.83. The Bertz CT molecular complexity index is 183. The predicted octanol–water partition coefficient (Wildman–Crippen LogP) is 2.48. The van der Waals surface area contributed by atoms with E-state index >= 15 is 0 Å². The van der Waals surface area contributed by atoms with Crippen LogP contribution in [-0.4, -0.2) is 6.26 Å². The van der Waals surface area contributed by atoms with Gasteiger partial charge in [0.05, 0.1) is 7.01 Å². The van der Waals surface area contributed by atoms with Gasteiger partial charge in [-0.1, -0.05) is 0 Å². The molecule has 0 saturated carbocycles. The lowest BCUT2D eigenvalue weighted by Gasteiger charge is -1.85. The second kappa shape index (κ2) is 2.42. The minimum Gasteiger partial charge on any atom is -0.213 e. The van der Waals surface area contributed by atoms with E-state index in [0.29, 0.717) is 0 Å². The van der Waals surface area contributed by atoms with Crippen LogP contribution in [0.15, 0.2) is 4.52 Å². The Morgan fingerprint density at radius 1 is 2.00 bits per heavy atom. The molecule has 0 N–H and O–H groups in total. The predicted molar refractivity (Wildman–Crippen MR) is 38.4 cm³/mol. The molecule has 4 nitrogen and oxygen atoms in total. The van der Waals surface area contributed by atoms with Crippen molar-refractivity contribution in [3.05, 3.63) is 10.4 Å². The van der Waals surface area contributed by atoms with E-state index in [1.807, 2.05) is 0 Å². The van der Waals surface area contributed by atoms with Gasteiger partial charge in [0.25, 0.3) is 0 Å². The van der Waals surface area contributed by atoms with Crippen LogP contribution in [0.1, 0.15) is 0 Å². The van der Waals surface area contributed by atoms with Crippen LogP contribution in [0.25, 0.3) is 10.4 Å². The molecule has 0 fully saturated rings. The van der Waals surface area contributed by atoms with Crippen molar-refractivity contribution in [1.82, 2.24) is 0 Å². The van der Waals surface area contributed by atoms with Crippen LogP contribution >= 0.6 is 28.2 Å². The van der Waals surface area contributed by atoms with E-state index in [1.54, 1.807) is 21.2 Å². The van der Waals surface area contributed by atoms with Crippen LogP contribution in [-0.2, 0) is 0 Å². The quantitative estimate of drug-likeness (QED) is 0.272. The molecule has 6 heteroatoms. The van der Waals surface area contributed by atoms with Crippen LogP contribution in [0, 0.1) is 4.61 Å². The van der Waals surface area contributed by atoms with Crippen molar-refractivity contribution in [2.45, 2.75) is 0 Å². The summed E-state index contributed by atoms with van der Waals surface area (Å²) in [6.07, 6.45) is 1.48. The average molecular weight is 230 g/mol. The van der Waals surface area contributed by atoms with Gasteiger partial charge >= 0.3 is 0 Å². The number of hydrogen-bond donors (Lipinski definition) is 0. The van der Waals surface area contributed by atoms with Gasteiger partial charge in [-0.25, -0.2) is 4.61 Å². The maximum Gasteiger partial charge on any atom is 0.0671 e. The highest BCUT2D eigenvalue weighted by molar-refractivity contribution is 14.2. The Hall–Kier alpha value is 0.100. The van der Waals surface area contributed by atoms with E-state index in [9.17, 15) is 0 Å². The summed E-state index contributed by atoms with van der Waals surface area (Å²) in [5.41, 5.74) is 7.72. The minimum atomic E-state index is -2.00. The molecule has 0 heterocycles. The van der Waals surface area contributed by atoms with Crippen molar-refractivity contribution >= 4 is 28.2 Å². The lowest BCUT2D eigenvalue weighted by molar-refractivity contribution is 1.61. The zero-order chi connectivity index (χ0) is 5.91. The fraction of sp³-hybridized carbons (Fsp3) is 1.00. The molecular formula is CH3IN4S. The van der Waals surface area contributed by atoms with E-state index in [2.05, 4.69) is 9.43 Å². The second-order valence-electron chi connectivity index (χ2n) is 0.910. The van der Waals surface area contributed by atoms with Gasteiger partial charge in [0, 0.05) is 32.4 Å². The van der Waals surface area contributed by atoms with Crippen LogP contribution in [0.3, 0.4) is 0 Å². The largest absolute Gasteiger partial charge is 0.213 e. The Labute approximate surface area is 54.2 Å². The lowest BCUT2D eigenvalue weighted by Crippen LogP contribution is -1.50. The molecule has 0 aliphatic rings. The first-order chi connectivity index (χ1) is 3.06. The third-order valence-corrected chi connectivity index (χ3v) is 1.09. The standard InChI is InChI=1S/CH3IN4S/c1-7(2,4)6-5-3/h1H3. The van der Waals surface area contributed by atoms with Gasteiger partial charge in [0.1, 0.15) is 0 Å². The van der Waals surface area contributed by atoms with Gasteiger partial charge < -0.3 is 0 Å². The first-order valence-electron chi connectivity index (χ1n) is 1.33. The number of halogens is 1. The van der Waals surface area contributed by atoms with E-state index in [-0.39, 0.29) is 0 Å². The third kappa shape index (κ3) is 6.10. The van der Waals surface area contributed by atoms with Crippen LogP contribution in [0.2, 0.25) is 0 Å². The number of azide groups is 1. The highest BCUT2D eigenvalue weighted by Crippen LogP contribution is 2.37. The van der Waals surface area contributed by atoms with Gasteiger partial charge in [-0.2, -0.15) is 0 Å². The zero-order valence-electron chi connectivity index (χ0n) is 3.58. The molecule has 0 aromatic rings. The van der Waals surface area contributed by atoms with Gasteiger partial charge in [0.2, 0.25) is 0 Å². The molecule has 0 saturated heterocycles. The summed E-state index contributed by atoms with van der Waals surface area (Å²) >= 11 is 1.70. The Kier molecular flexibility index (Phi) is 2.45. The highest BCUT2D eigenvalue weighted by atomic mass is 127. The Balaban J connectivity index is 4.21. The molecule has 0 spiro atoms. The van der Waals surface area contributed by atoms with E-state index in [4.69, 9.17) is 10.1 Å². The number of hydrogen-bond acceptors (Lipinski definition) is 2. The summed E-state index contributed by atoms with van der Waals surface area (Å²) in [5, 5.41) is 0. The van der Waals surface area contributed by atoms with Crippen molar-refractivity contribution in [1.29, 1.82) is 4.61 Å². The van der Waals surface area contributed by atoms with Crippen LogP contribution < -0.4 is 0 Å². The molecule has 0 aliphatic heterocycles. The van der Waals surface area contributed by atoms with E-state index in [1.165, 1.54) is 6.26 Å². The fourth-order valence-corrected chi connectivity index (χ4v) is 0.436. The van der Waals surface area contributed by atoms with Gasteiger partial charge in [-0.3, -0.25) is 0 Å². The minimum absolute atomic E-state index is 1.48. The molecule has 0 radical (unpaired) electrons. The first kappa shape index (κ1) is 7.10. The molecule has 0 rings (SSSR count). The zero-order valence-corrected chi connectivity index (χ0v) is 6.55. The molecule has 0 amide bonds. The fourth-order valence-electron chi connectivity index (χ4n) is 0.0666. The SMILES string of the molecule is CS(#N)(I)N=[N+]=[N-]. The van der Waals surface area contributed by atoms with E-state index < -0.39 is 7.01 Å². The lowest BCUT2D eigenvalue weighted by atomic mass is 12.0. The number of nitrogens with zero attached hydrogens (tertiary/aromatic N) is 4. The van der Waals surface area contributed by atoms with Crippen LogP contribution in [0.4, 0.5) is 0 Å². The highest BCUT2D eigenvalue weighted by Gasteiger charge is 1.91. The molecule has 0 aromatic heterocycles. The summed E-state index contributed by atoms with van der Waals surface area (Å²) < 4.78 is 11.7. The van der Waals surface area contributed by atoms with Crippen molar-refractivity contribution in [2.24, 2.45) is 4.52 Å². The molecule has 0 aliphatic carbocycles. The normalized spacial score (nSPS) is 16.7. The molecule has 1 atom stereocenters. The maximum absolute atomic E-state index is 8.67. The van der Waals surface area contributed by atoms with Crippen molar-refractivity contribution in [3.8, 4) is 0 Å². The van der Waals surface area contributed by atoms with Gasteiger partial charge in [-0.05, 0) is 10.1 Å². The second-order valence-corrected chi connectivity index (χ2v) is 7.56. The van der Waals surface area contributed by atoms with Gasteiger partial charge in [-0.15, -0.1) is 0 Å².